The Bertz CT molecular complexity index is 1980. The molecule has 5 aromatic carbocycles. The first-order valence-corrected chi connectivity index (χ1v) is 14.8. The maximum absolute atomic E-state index is 6.40. The van der Waals surface area contributed by atoms with Gasteiger partial charge in [0.1, 0.15) is 17.2 Å². The van der Waals surface area contributed by atoms with Gasteiger partial charge in [0.2, 0.25) is 0 Å². The average Bonchev–Trinajstić information content (AvgIpc) is 3.38. The number of benzene rings is 5. The summed E-state index contributed by atoms with van der Waals surface area (Å²) in [6.45, 7) is 8.17. The summed E-state index contributed by atoms with van der Waals surface area (Å²) in [5, 5.41) is 2.54. The number of aromatic nitrogens is 1. The van der Waals surface area contributed by atoms with E-state index in [2.05, 4.69) is 122 Å². The smallest absolute Gasteiger partial charge is 0.260 e. The van der Waals surface area contributed by atoms with Crippen LogP contribution in [-0.4, -0.2) is 11.3 Å². The van der Waals surface area contributed by atoms with Gasteiger partial charge in [-0.05, 0) is 78.4 Å². The Morgan fingerprint density at radius 1 is 0.643 bits per heavy atom. The van der Waals surface area contributed by atoms with Crippen LogP contribution in [0.2, 0.25) is 0 Å². The third-order valence-electron chi connectivity index (χ3n) is 8.22. The minimum Gasteiger partial charge on any atom is -0.463 e. The summed E-state index contributed by atoms with van der Waals surface area (Å²) in [6, 6.07) is 38.8. The van der Waals surface area contributed by atoms with Crippen molar-refractivity contribution in [2.45, 2.75) is 27.7 Å². The molecule has 0 N–H and O–H groups in total. The molecule has 8 rings (SSSR count). The van der Waals surface area contributed by atoms with Gasteiger partial charge in [-0.3, -0.25) is 0 Å². The first kappa shape index (κ1) is 26.0. The van der Waals surface area contributed by atoms with Gasteiger partial charge >= 0.3 is 0 Å². The maximum Gasteiger partial charge on any atom is 0.260 e. The zero-order valence-electron chi connectivity index (χ0n) is 24.4. The Labute approximate surface area is 247 Å². The number of ether oxygens (including phenoxy) is 2. The molecule has 0 amide bonds. The van der Waals surface area contributed by atoms with Gasteiger partial charge in [0, 0.05) is 21.9 Å². The van der Waals surface area contributed by atoms with Crippen molar-refractivity contribution in [2.75, 3.05) is 0 Å². The van der Waals surface area contributed by atoms with Crippen molar-refractivity contribution < 1.29 is 9.47 Å². The Morgan fingerprint density at radius 3 is 1.93 bits per heavy atom. The van der Waals surface area contributed by atoms with E-state index < -0.39 is 0 Å². The molecular weight excluding hydrogens is 513 g/mol. The van der Waals surface area contributed by atoms with Crippen molar-refractivity contribution in [1.29, 1.82) is 0 Å². The van der Waals surface area contributed by atoms with Crippen LogP contribution in [0, 0.1) is 0 Å². The van der Waals surface area contributed by atoms with Crippen LogP contribution in [0.15, 0.2) is 133 Å². The largest absolute Gasteiger partial charge is 0.463 e. The molecule has 1 aromatic heterocycles. The molecule has 2 aliphatic heterocycles. The van der Waals surface area contributed by atoms with Crippen molar-refractivity contribution in [3.8, 4) is 34.1 Å². The summed E-state index contributed by atoms with van der Waals surface area (Å²) in [6.07, 6.45) is 4.25. The lowest BCUT2D eigenvalue weighted by Crippen LogP contribution is -2.50. The Balaban J connectivity index is 0.00000141. The lowest BCUT2D eigenvalue weighted by atomic mass is 9.34. The van der Waals surface area contributed by atoms with Gasteiger partial charge in [0.25, 0.3) is 6.71 Å². The van der Waals surface area contributed by atoms with Crippen molar-refractivity contribution >= 4 is 39.4 Å². The first-order valence-electron chi connectivity index (χ1n) is 14.8. The molecule has 204 valence electrons. The van der Waals surface area contributed by atoms with Crippen molar-refractivity contribution in [3.05, 3.63) is 133 Å². The van der Waals surface area contributed by atoms with Crippen molar-refractivity contribution in [2.24, 2.45) is 0 Å². The fourth-order valence-electron chi connectivity index (χ4n) is 6.45. The predicted molar refractivity (Wildman–Crippen MR) is 177 cm³/mol. The molecule has 0 aliphatic carbocycles. The Hall–Kier alpha value is -4.96. The minimum absolute atomic E-state index is 0.0664. The second kappa shape index (κ2) is 10.5. The molecular formula is C38H32BNO2. The third-order valence-corrected chi connectivity index (χ3v) is 8.22. The molecule has 0 unspecified atom stereocenters. The van der Waals surface area contributed by atoms with Crippen LogP contribution in [0.1, 0.15) is 27.7 Å². The molecule has 0 radical (unpaired) electrons. The lowest BCUT2D eigenvalue weighted by Gasteiger charge is -2.33. The molecule has 6 aromatic rings. The van der Waals surface area contributed by atoms with Gasteiger partial charge in [-0.25, -0.2) is 0 Å². The van der Waals surface area contributed by atoms with E-state index >= 15 is 0 Å². The van der Waals surface area contributed by atoms with Crippen LogP contribution in [0.3, 0.4) is 0 Å². The monoisotopic (exact) mass is 545 g/mol. The predicted octanol–water partition coefficient (Wildman–Crippen LogP) is 8.97. The van der Waals surface area contributed by atoms with E-state index in [0.717, 1.165) is 34.2 Å². The van der Waals surface area contributed by atoms with Crippen LogP contribution >= 0.6 is 0 Å². The molecule has 42 heavy (non-hydrogen) atoms. The van der Waals surface area contributed by atoms with Crippen LogP contribution in [0.5, 0.6) is 17.2 Å². The van der Waals surface area contributed by atoms with Crippen LogP contribution in [-0.2, 0) is 0 Å². The normalized spacial score (nSPS) is 13.4. The molecule has 2 aliphatic rings. The van der Waals surface area contributed by atoms with Gasteiger partial charge in [0.15, 0.2) is 0 Å². The Kier molecular flexibility index (Phi) is 6.47. The summed E-state index contributed by atoms with van der Waals surface area (Å²) in [7, 11) is 0. The number of para-hydroxylation sites is 2. The number of allylic oxidation sites excluding steroid dienone is 4. The standard InChI is InChI=1S/C36H26BNO2.C2H6/c1-3-9-29-23(2)39-34-14-8-15-35-36(34)37(29)30-22-25(18-21-33(30)40-35)24-16-19-26(20-17-24)38-31-12-6-4-10-27(31)28-11-5-7-13-32(28)38;1-2/h3-22H,1-2H3;1-2H3/b9-3-;. The molecule has 0 atom stereocenters. The zero-order valence-corrected chi connectivity index (χ0v) is 24.4. The van der Waals surface area contributed by atoms with Gasteiger partial charge in [-0.15, -0.1) is 0 Å². The number of hydrogen-bond acceptors (Lipinski definition) is 2. The highest BCUT2D eigenvalue weighted by Crippen LogP contribution is 2.37. The van der Waals surface area contributed by atoms with E-state index in [1.54, 1.807) is 0 Å². The fraction of sp³-hybridized carbons (Fsp3) is 0.105. The second-order valence-corrected chi connectivity index (χ2v) is 10.5. The van der Waals surface area contributed by atoms with Gasteiger partial charge < -0.3 is 14.0 Å². The summed E-state index contributed by atoms with van der Waals surface area (Å²) >= 11 is 0. The van der Waals surface area contributed by atoms with E-state index in [1.807, 2.05) is 32.0 Å². The van der Waals surface area contributed by atoms with E-state index in [9.17, 15) is 0 Å². The van der Waals surface area contributed by atoms with Gasteiger partial charge in [-0.2, -0.15) is 0 Å². The quantitative estimate of drug-likeness (QED) is 0.207. The van der Waals surface area contributed by atoms with Crippen LogP contribution < -0.4 is 20.4 Å². The van der Waals surface area contributed by atoms with E-state index in [1.165, 1.54) is 43.9 Å². The maximum atomic E-state index is 6.40. The second-order valence-electron chi connectivity index (χ2n) is 10.5. The highest BCUT2D eigenvalue weighted by molar-refractivity contribution is 6.93. The molecule has 0 spiro atoms. The van der Waals surface area contributed by atoms with Crippen molar-refractivity contribution in [3.63, 3.8) is 0 Å². The third kappa shape index (κ3) is 3.98. The van der Waals surface area contributed by atoms with Crippen LogP contribution in [0.25, 0.3) is 38.6 Å². The number of nitrogens with zero attached hydrogens (tertiary/aromatic N) is 1. The highest BCUT2D eigenvalue weighted by Gasteiger charge is 2.39. The summed E-state index contributed by atoms with van der Waals surface area (Å²) in [5.74, 6) is 3.58. The summed E-state index contributed by atoms with van der Waals surface area (Å²) in [4.78, 5) is 0. The number of fused-ring (bicyclic) bond motifs is 5. The highest BCUT2D eigenvalue weighted by atomic mass is 16.5. The topological polar surface area (TPSA) is 23.4 Å². The zero-order chi connectivity index (χ0) is 28.8. The van der Waals surface area contributed by atoms with Crippen molar-refractivity contribution in [1.82, 2.24) is 4.57 Å². The molecule has 0 bridgehead atoms. The fourth-order valence-corrected chi connectivity index (χ4v) is 6.45. The van der Waals surface area contributed by atoms with Gasteiger partial charge in [-0.1, -0.05) is 92.7 Å². The minimum atomic E-state index is 0.0664. The van der Waals surface area contributed by atoms with E-state index in [-0.39, 0.29) is 6.71 Å². The summed E-state index contributed by atoms with van der Waals surface area (Å²) < 4.78 is 15.0. The average molecular weight is 545 g/mol. The number of hydrogen-bond donors (Lipinski definition) is 0. The van der Waals surface area contributed by atoms with Crippen LogP contribution in [0.4, 0.5) is 0 Å². The SMILES string of the molecule is C/C=C\C1=C(C)Oc2cccc3c2B1c1cc(-c2ccc(-n4c5ccccc5c5ccccc54)cc2)ccc1O3.CC. The van der Waals surface area contributed by atoms with Gasteiger partial charge in [0.05, 0.1) is 16.8 Å². The first-order chi connectivity index (χ1) is 20.7. The summed E-state index contributed by atoms with van der Waals surface area (Å²) in [5.41, 5.74) is 9.37. The number of rotatable bonds is 3. The Morgan fingerprint density at radius 2 is 1.26 bits per heavy atom. The molecule has 3 nitrogen and oxygen atoms in total. The molecule has 0 fully saturated rings. The van der Waals surface area contributed by atoms with E-state index in [0.29, 0.717) is 0 Å². The lowest BCUT2D eigenvalue weighted by molar-refractivity contribution is 0.419. The molecule has 3 heterocycles. The molecule has 0 saturated carbocycles. The molecule has 0 saturated heterocycles. The molecule has 4 heteroatoms. The van der Waals surface area contributed by atoms with E-state index in [4.69, 9.17) is 9.47 Å².